The van der Waals surface area contributed by atoms with E-state index in [-0.39, 0.29) is 11.9 Å². The Labute approximate surface area is 128 Å². The van der Waals surface area contributed by atoms with Crippen LogP contribution >= 0.6 is 15.9 Å². The number of amides is 1. The van der Waals surface area contributed by atoms with Gasteiger partial charge in [-0.1, -0.05) is 58.4 Å². The summed E-state index contributed by atoms with van der Waals surface area (Å²) in [5.74, 6) is 0.0440. The summed E-state index contributed by atoms with van der Waals surface area (Å²) >= 11 is 3.51. The number of aryl methyl sites for hydroxylation is 1. The summed E-state index contributed by atoms with van der Waals surface area (Å²) in [7, 11) is 0. The molecule has 0 fully saturated rings. The van der Waals surface area contributed by atoms with E-state index in [9.17, 15) is 4.79 Å². The predicted molar refractivity (Wildman–Crippen MR) is 85.6 cm³/mol. The average Bonchev–Trinajstić information content (AvgIpc) is 2.41. The smallest absolute Gasteiger partial charge is 0.224 e. The van der Waals surface area contributed by atoms with E-state index in [1.54, 1.807) is 0 Å². The van der Waals surface area contributed by atoms with Crippen LogP contribution in [0.15, 0.2) is 53.0 Å². The van der Waals surface area contributed by atoms with Crippen molar-refractivity contribution in [2.24, 2.45) is 0 Å². The Balaban J connectivity index is 2.02. The van der Waals surface area contributed by atoms with E-state index in [4.69, 9.17) is 0 Å². The van der Waals surface area contributed by atoms with Gasteiger partial charge in [0.1, 0.15) is 0 Å². The zero-order valence-electron chi connectivity index (χ0n) is 11.7. The van der Waals surface area contributed by atoms with Crippen LogP contribution in [0.25, 0.3) is 0 Å². The second-order valence-corrected chi connectivity index (χ2v) is 5.77. The minimum absolute atomic E-state index is 0.0120. The molecule has 0 heterocycles. The Hall–Kier alpha value is -1.61. The van der Waals surface area contributed by atoms with Crippen molar-refractivity contribution < 1.29 is 4.79 Å². The molecule has 1 unspecified atom stereocenters. The quantitative estimate of drug-likeness (QED) is 0.894. The SMILES string of the molecule is Cc1ccccc1CC(=O)NC(C)c1ccccc1Br. The van der Waals surface area contributed by atoms with Crippen LogP contribution in [-0.2, 0) is 11.2 Å². The normalized spacial score (nSPS) is 11.9. The van der Waals surface area contributed by atoms with Crippen molar-refractivity contribution >= 4 is 21.8 Å². The largest absolute Gasteiger partial charge is 0.349 e. The van der Waals surface area contributed by atoms with Gasteiger partial charge in [0.15, 0.2) is 0 Å². The molecule has 2 rings (SSSR count). The number of benzene rings is 2. The first-order valence-electron chi connectivity index (χ1n) is 6.66. The Bertz CT molecular complexity index is 609. The molecule has 1 atom stereocenters. The topological polar surface area (TPSA) is 29.1 Å². The van der Waals surface area contributed by atoms with Crippen molar-refractivity contribution in [1.29, 1.82) is 0 Å². The van der Waals surface area contributed by atoms with Gasteiger partial charge in [0.25, 0.3) is 0 Å². The molecule has 0 radical (unpaired) electrons. The molecule has 2 aromatic rings. The van der Waals surface area contributed by atoms with E-state index >= 15 is 0 Å². The van der Waals surface area contributed by atoms with Crippen molar-refractivity contribution in [1.82, 2.24) is 5.32 Å². The second-order valence-electron chi connectivity index (χ2n) is 4.91. The van der Waals surface area contributed by atoms with Crippen LogP contribution < -0.4 is 5.32 Å². The van der Waals surface area contributed by atoms with Crippen molar-refractivity contribution in [3.63, 3.8) is 0 Å². The molecule has 0 saturated carbocycles. The Morgan fingerprint density at radius 3 is 2.50 bits per heavy atom. The van der Waals surface area contributed by atoms with Crippen molar-refractivity contribution in [2.45, 2.75) is 26.3 Å². The highest BCUT2D eigenvalue weighted by atomic mass is 79.9. The average molecular weight is 332 g/mol. The highest BCUT2D eigenvalue weighted by Gasteiger charge is 2.12. The number of halogens is 1. The van der Waals surface area contributed by atoms with Gasteiger partial charge in [0.05, 0.1) is 12.5 Å². The standard InChI is InChI=1S/C17H18BrNO/c1-12-7-3-4-8-14(12)11-17(20)19-13(2)15-9-5-6-10-16(15)18/h3-10,13H,11H2,1-2H3,(H,19,20). The Morgan fingerprint density at radius 2 is 1.80 bits per heavy atom. The summed E-state index contributed by atoms with van der Waals surface area (Å²) in [6, 6.07) is 15.9. The summed E-state index contributed by atoms with van der Waals surface area (Å²) < 4.78 is 1.02. The summed E-state index contributed by atoms with van der Waals surface area (Å²) in [5, 5.41) is 3.04. The Morgan fingerprint density at radius 1 is 1.15 bits per heavy atom. The van der Waals surface area contributed by atoms with E-state index in [2.05, 4.69) is 21.2 Å². The summed E-state index contributed by atoms with van der Waals surface area (Å²) in [6.45, 7) is 4.02. The molecule has 1 N–H and O–H groups in total. The molecule has 0 spiro atoms. The fourth-order valence-corrected chi connectivity index (χ4v) is 2.81. The van der Waals surface area contributed by atoms with Crippen LogP contribution in [0.5, 0.6) is 0 Å². The molecule has 0 saturated heterocycles. The van der Waals surface area contributed by atoms with Gasteiger partial charge in [0, 0.05) is 4.47 Å². The molecule has 20 heavy (non-hydrogen) atoms. The maximum atomic E-state index is 12.1. The first-order valence-corrected chi connectivity index (χ1v) is 7.45. The number of hydrogen-bond donors (Lipinski definition) is 1. The van der Waals surface area contributed by atoms with Gasteiger partial charge in [-0.15, -0.1) is 0 Å². The first-order chi connectivity index (χ1) is 9.58. The van der Waals surface area contributed by atoms with Crippen LogP contribution in [0.3, 0.4) is 0 Å². The third-order valence-electron chi connectivity index (χ3n) is 3.36. The molecule has 3 heteroatoms. The zero-order chi connectivity index (χ0) is 14.5. The molecular weight excluding hydrogens is 314 g/mol. The number of rotatable bonds is 4. The van der Waals surface area contributed by atoms with Crippen LogP contribution in [-0.4, -0.2) is 5.91 Å². The van der Waals surface area contributed by atoms with Gasteiger partial charge in [-0.25, -0.2) is 0 Å². The minimum Gasteiger partial charge on any atom is -0.349 e. The fourth-order valence-electron chi connectivity index (χ4n) is 2.18. The van der Waals surface area contributed by atoms with Gasteiger partial charge in [-0.3, -0.25) is 4.79 Å². The van der Waals surface area contributed by atoms with Gasteiger partial charge >= 0.3 is 0 Å². The van der Waals surface area contributed by atoms with Crippen LogP contribution in [0.4, 0.5) is 0 Å². The lowest BCUT2D eigenvalue weighted by atomic mass is 10.0. The van der Waals surface area contributed by atoms with Crippen molar-refractivity contribution in [3.05, 3.63) is 69.7 Å². The van der Waals surface area contributed by atoms with E-state index < -0.39 is 0 Å². The lowest BCUT2D eigenvalue weighted by Gasteiger charge is -2.16. The summed E-state index contributed by atoms with van der Waals surface area (Å²) in [6.07, 6.45) is 0.418. The number of carbonyl (C=O) groups is 1. The monoisotopic (exact) mass is 331 g/mol. The lowest BCUT2D eigenvalue weighted by molar-refractivity contribution is -0.121. The maximum absolute atomic E-state index is 12.1. The zero-order valence-corrected chi connectivity index (χ0v) is 13.3. The van der Waals surface area contributed by atoms with E-state index in [1.165, 1.54) is 0 Å². The van der Waals surface area contributed by atoms with Crippen LogP contribution in [0.1, 0.15) is 29.7 Å². The van der Waals surface area contributed by atoms with Gasteiger partial charge in [-0.2, -0.15) is 0 Å². The number of nitrogens with one attached hydrogen (secondary N) is 1. The first kappa shape index (κ1) is 14.8. The highest BCUT2D eigenvalue weighted by molar-refractivity contribution is 9.10. The second kappa shape index (κ2) is 6.71. The predicted octanol–water partition coefficient (Wildman–Crippen LogP) is 4.18. The summed E-state index contributed by atoms with van der Waals surface area (Å²) in [5.41, 5.74) is 3.31. The third-order valence-corrected chi connectivity index (χ3v) is 4.08. The molecular formula is C17H18BrNO. The molecule has 2 aromatic carbocycles. The van der Waals surface area contributed by atoms with Crippen molar-refractivity contribution in [2.75, 3.05) is 0 Å². The molecule has 104 valence electrons. The molecule has 0 bridgehead atoms. The fraction of sp³-hybridized carbons (Fsp3) is 0.235. The van der Waals surface area contributed by atoms with Crippen LogP contribution in [0, 0.1) is 6.92 Å². The van der Waals surface area contributed by atoms with Crippen LogP contribution in [0.2, 0.25) is 0 Å². The minimum atomic E-state index is -0.0120. The molecule has 1 amide bonds. The molecule has 0 aliphatic rings. The number of hydrogen-bond acceptors (Lipinski definition) is 1. The molecule has 0 aromatic heterocycles. The van der Waals surface area contributed by atoms with Gasteiger partial charge in [0.2, 0.25) is 5.91 Å². The molecule has 0 aliphatic heterocycles. The highest BCUT2D eigenvalue weighted by Crippen LogP contribution is 2.22. The third kappa shape index (κ3) is 3.70. The maximum Gasteiger partial charge on any atom is 0.224 e. The van der Waals surface area contributed by atoms with E-state index in [0.717, 1.165) is 21.2 Å². The van der Waals surface area contributed by atoms with E-state index in [1.807, 2.05) is 62.4 Å². The lowest BCUT2D eigenvalue weighted by Crippen LogP contribution is -2.28. The van der Waals surface area contributed by atoms with Crippen molar-refractivity contribution in [3.8, 4) is 0 Å². The molecule has 2 nitrogen and oxygen atoms in total. The summed E-state index contributed by atoms with van der Waals surface area (Å²) in [4.78, 5) is 12.1. The van der Waals surface area contributed by atoms with Gasteiger partial charge in [-0.05, 0) is 36.6 Å². The van der Waals surface area contributed by atoms with Gasteiger partial charge < -0.3 is 5.32 Å². The number of carbonyl (C=O) groups excluding carboxylic acids is 1. The molecule has 0 aliphatic carbocycles. The Kier molecular flexibility index (Phi) is 4.96. The van der Waals surface area contributed by atoms with E-state index in [0.29, 0.717) is 6.42 Å².